The number of rotatable bonds is 6. The zero-order chi connectivity index (χ0) is 23.4. The van der Waals surface area contributed by atoms with Crippen LogP contribution in [0.3, 0.4) is 0 Å². The van der Waals surface area contributed by atoms with Crippen LogP contribution in [-0.2, 0) is 13.1 Å². The van der Waals surface area contributed by atoms with Gasteiger partial charge in [0, 0.05) is 12.3 Å². The lowest BCUT2D eigenvalue weighted by Crippen LogP contribution is -2.23. The summed E-state index contributed by atoms with van der Waals surface area (Å²) in [5.41, 5.74) is 2.21. The Morgan fingerprint density at radius 3 is 3.00 bits per heavy atom. The number of nitrogens with zero attached hydrogens (tertiary/aromatic N) is 8. The summed E-state index contributed by atoms with van der Waals surface area (Å²) in [6, 6.07) is 5.06. The van der Waals surface area contributed by atoms with Gasteiger partial charge in [0.2, 0.25) is 5.88 Å². The average molecular weight is 482 g/mol. The third-order valence-corrected chi connectivity index (χ3v) is 5.98. The van der Waals surface area contributed by atoms with Crippen LogP contribution < -0.4 is 5.32 Å². The van der Waals surface area contributed by atoms with E-state index < -0.39 is 11.7 Å². The summed E-state index contributed by atoms with van der Waals surface area (Å²) in [5.74, 6) is -0.184. The van der Waals surface area contributed by atoms with Crippen molar-refractivity contribution in [3.63, 3.8) is 0 Å². The van der Waals surface area contributed by atoms with E-state index in [1.807, 2.05) is 6.07 Å². The summed E-state index contributed by atoms with van der Waals surface area (Å²) < 4.78 is 18.6. The van der Waals surface area contributed by atoms with E-state index in [2.05, 4.69) is 30.7 Å². The lowest BCUT2D eigenvalue weighted by atomic mass is 10.2. The van der Waals surface area contributed by atoms with Crippen LogP contribution in [0.25, 0.3) is 11.2 Å². The van der Waals surface area contributed by atoms with E-state index in [-0.39, 0.29) is 35.2 Å². The van der Waals surface area contributed by atoms with Crippen molar-refractivity contribution in [1.29, 1.82) is 0 Å². The Morgan fingerprint density at radius 2 is 2.18 bits per heavy atom. The third-order valence-electron chi connectivity index (χ3n) is 5.69. The Morgan fingerprint density at radius 1 is 1.32 bits per heavy atom. The Kier molecular flexibility index (Phi) is 4.69. The first-order valence-electron chi connectivity index (χ1n) is 10.5. The number of hydrogen-bond acceptors (Lipinski definition) is 7. The van der Waals surface area contributed by atoms with Crippen molar-refractivity contribution in [1.82, 2.24) is 44.3 Å². The number of carbonyl (C=O) groups is 1. The van der Waals surface area contributed by atoms with Crippen LogP contribution in [0.4, 0.5) is 4.39 Å². The van der Waals surface area contributed by atoms with Gasteiger partial charge in [-0.1, -0.05) is 16.8 Å². The highest BCUT2D eigenvalue weighted by molar-refractivity contribution is 6.31. The van der Waals surface area contributed by atoms with Gasteiger partial charge in [-0.25, -0.2) is 19.0 Å². The van der Waals surface area contributed by atoms with E-state index in [1.165, 1.54) is 32.2 Å². The third kappa shape index (κ3) is 3.61. The second-order valence-corrected chi connectivity index (χ2v) is 8.54. The standard InChI is InChI=1S/C21H17ClFN9O2/c22-13-3-4-30-10-25-14(20(30)19(13)23)7-24-21(34)15-8-31(29-27-15)9-16-26-17-5-12(11-1-2-11)6-18(33)32(17)28-16/h3-6,8,10-11,33H,1-2,7,9H2,(H,24,34). The van der Waals surface area contributed by atoms with Crippen LogP contribution in [0.15, 0.2) is 36.9 Å². The molecule has 1 amide bonds. The normalized spacial score (nSPS) is 13.7. The topological polar surface area (TPSA) is 128 Å². The molecule has 0 radical (unpaired) electrons. The molecule has 1 fully saturated rings. The maximum Gasteiger partial charge on any atom is 0.273 e. The molecule has 0 atom stereocenters. The van der Waals surface area contributed by atoms with Gasteiger partial charge < -0.3 is 14.8 Å². The van der Waals surface area contributed by atoms with Gasteiger partial charge in [-0.05, 0) is 36.5 Å². The molecule has 5 heterocycles. The van der Waals surface area contributed by atoms with Crippen LogP contribution in [0.5, 0.6) is 5.88 Å². The Balaban J connectivity index is 1.16. The number of halogens is 2. The maximum atomic E-state index is 14.4. The van der Waals surface area contributed by atoms with E-state index in [9.17, 15) is 14.3 Å². The molecule has 5 aromatic rings. The van der Waals surface area contributed by atoms with E-state index in [0.717, 1.165) is 18.4 Å². The summed E-state index contributed by atoms with van der Waals surface area (Å²) in [4.78, 5) is 21.1. The summed E-state index contributed by atoms with van der Waals surface area (Å²) in [7, 11) is 0. The maximum absolute atomic E-state index is 14.4. The molecule has 0 saturated heterocycles. The molecule has 2 N–H and O–H groups in total. The van der Waals surface area contributed by atoms with E-state index in [0.29, 0.717) is 23.1 Å². The number of fused-ring (bicyclic) bond motifs is 2. The SMILES string of the molecule is O=C(NCc1ncn2ccc(Cl)c(F)c12)c1cn(Cc2nc3cc(C4CC4)cc(O)n3n2)nn1. The van der Waals surface area contributed by atoms with E-state index in [1.54, 1.807) is 12.3 Å². The van der Waals surface area contributed by atoms with Gasteiger partial charge in [-0.2, -0.15) is 4.52 Å². The highest BCUT2D eigenvalue weighted by Gasteiger charge is 2.25. The molecule has 172 valence electrons. The fourth-order valence-corrected chi connectivity index (χ4v) is 3.99. The van der Waals surface area contributed by atoms with Gasteiger partial charge in [0.05, 0.1) is 29.8 Å². The molecule has 1 aliphatic rings. The molecular formula is C21H17ClFN9O2. The summed E-state index contributed by atoms with van der Waals surface area (Å²) in [5, 5.41) is 25.0. The Hall–Kier alpha value is -4.06. The number of carbonyl (C=O) groups excluding carboxylic acids is 1. The molecule has 34 heavy (non-hydrogen) atoms. The molecule has 1 aliphatic carbocycles. The average Bonchev–Trinajstić information content (AvgIpc) is 3.22. The lowest BCUT2D eigenvalue weighted by molar-refractivity contribution is 0.0945. The summed E-state index contributed by atoms with van der Waals surface area (Å²) >= 11 is 5.85. The Bertz CT molecular complexity index is 1570. The van der Waals surface area contributed by atoms with Crippen LogP contribution >= 0.6 is 11.6 Å². The zero-order valence-corrected chi connectivity index (χ0v) is 18.3. The van der Waals surface area contributed by atoms with Crippen molar-refractivity contribution >= 4 is 28.7 Å². The monoisotopic (exact) mass is 481 g/mol. The summed E-state index contributed by atoms with van der Waals surface area (Å²) in [6.07, 6.45) is 6.71. The molecule has 0 bridgehead atoms. The number of hydrogen-bond donors (Lipinski definition) is 2. The van der Waals surface area contributed by atoms with Crippen LogP contribution in [0, 0.1) is 5.82 Å². The second-order valence-electron chi connectivity index (χ2n) is 8.13. The number of amides is 1. The molecule has 0 unspecified atom stereocenters. The molecule has 6 rings (SSSR count). The van der Waals surface area contributed by atoms with Crippen molar-refractivity contribution in [3.05, 3.63) is 70.5 Å². The quantitative estimate of drug-likeness (QED) is 0.381. The van der Waals surface area contributed by atoms with Crippen molar-refractivity contribution in [2.75, 3.05) is 0 Å². The van der Waals surface area contributed by atoms with E-state index in [4.69, 9.17) is 11.6 Å². The molecular weight excluding hydrogens is 465 g/mol. The predicted octanol–water partition coefficient (Wildman–Crippen LogP) is 2.32. The highest BCUT2D eigenvalue weighted by atomic mass is 35.5. The van der Waals surface area contributed by atoms with Gasteiger partial charge in [0.1, 0.15) is 12.1 Å². The first-order chi connectivity index (χ1) is 16.5. The van der Waals surface area contributed by atoms with Crippen molar-refractivity contribution in [2.45, 2.75) is 31.8 Å². The van der Waals surface area contributed by atoms with Crippen molar-refractivity contribution < 1.29 is 14.3 Å². The lowest BCUT2D eigenvalue weighted by Gasteiger charge is -2.03. The van der Waals surface area contributed by atoms with Crippen molar-refractivity contribution in [3.8, 4) is 5.88 Å². The summed E-state index contributed by atoms with van der Waals surface area (Å²) in [6.45, 7) is 0.144. The smallest absolute Gasteiger partial charge is 0.273 e. The predicted molar refractivity (Wildman–Crippen MR) is 117 cm³/mol. The molecule has 0 aliphatic heterocycles. The van der Waals surface area contributed by atoms with Crippen LogP contribution in [0.1, 0.15) is 46.3 Å². The number of imidazole rings is 1. The molecule has 13 heteroatoms. The van der Waals surface area contributed by atoms with Gasteiger partial charge in [-0.3, -0.25) is 4.79 Å². The van der Waals surface area contributed by atoms with E-state index >= 15 is 0 Å². The molecule has 1 saturated carbocycles. The van der Waals surface area contributed by atoms with Gasteiger partial charge in [0.15, 0.2) is 23.0 Å². The second kappa shape index (κ2) is 7.76. The zero-order valence-electron chi connectivity index (χ0n) is 17.6. The molecule has 5 aromatic heterocycles. The Labute approximate surface area is 195 Å². The number of nitrogens with one attached hydrogen (secondary N) is 1. The minimum atomic E-state index is -0.605. The fraction of sp³-hybridized carbons (Fsp3) is 0.238. The fourth-order valence-electron chi connectivity index (χ4n) is 3.84. The highest BCUT2D eigenvalue weighted by Crippen LogP contribution is 2.41. The van der Waals surface area contributed by atoms with Gasteiger partial charge in [0.25, 0.3) is 5.91 Å². The first-order valence-corrected chi connectivity index (χ1v) is 10.9. The molecule has 11 nitrogen and oxygen atoms in total. The van der Waals surface area contributed by atoms with Crippen molar-refractivity contribution in [2.24, 2.45) is 0 Å². The number of aromatic nitrogens is 8. The van der Waals surface area contributed by atoms with Gasteiger partial charge in [-0.15, -0.1) is 10.2 Å². The minimum absolute atomic E-state index is 0.0178. The largest absolute Gasteiger partial charge is 0.493 e. The van der Waals surface area contributed by atoms with Crippen LogP contribution in [0.2, 0.25) is 5.02 Å². The number of aromatic hydroxyl groups is 1. The minimum Gasteiger partial charge on any atom is -0.493 e. The molecule has 0 aromatic carbocycles. The van der Waals surface area contributed by atoms with Gasteiger partial charge >= 0.3 is 0 Å². The first kappa shape index (κ1) is 20.5. The number of pyridine rings is 2. The molecule has 0 spiro atoms. The van der Waals surface area contributed by atoms with Crippen LogP contribution in [-0.4, -0.2) is 50.0 Å².